The third-order valence-corrected chi connectivity index (χ3v) is 3.37. The average molecular weight is 439 g/mol. The molecule has 0 atom stereocenters. The highest BCUT2D eigenvalue weighted by molar-refractivity contribution is 14.0. The van der Waals surface area contributed by atoms with Gasteiger partial charge in [0.25, 0.3) is 0 Å². The van der Waals surface area contributed by atoms with Gasteiger partial charge in [-0.1, -0.05) is 18.9 Å². The largest absolute Gasteiger partial charge is 0.466 e. The molecule has 6 heteroatoms. The normalized spacial score (nSPS) is 10.7. The molecule has 0 heterocycles. The molecular weight excluding hydrogens is 405 g/mol. The minimum Gasteiger partial charge on any atom is -0.466 e. The highest BCUT2D eigenvalue weighted by Crippen LogP contribution is 2.04. The maximum Gasteiger partial charge on any atom is 0.305 e. The van der Waals surface area contributed by atoms with Crippen LogP contribution >= 0.6 is 24.0 Å². The van der Waals surface area contributed by atoms with Crippen molar-refractivity contribution < 1.29 is 9.53 Å². The van der Waals surface area contributed by atoms with Gasteiger partial charge in [0.15, 0.2) is 5.96 Å². The van der Waals surface area contributed by atoms with Crippen molar-refractivity contribution >= 4 is 35.9 Å². The van der Waals surface area contributed by atoms with E-state index < -0.39 is 0 Å². The lowest BCUT2D eigenvalue weighted by Crippen LogP contribution is -2.39. The van der Waals surface area contributed by atoms with Gasteiger partial charge < -0.3 is 15.0 Å². The quantitative estimate of drug-likeness (QED) is 0.126. The highest BCUT2D eigenvalue weighted by Gasteiger charge is 2.04. The van der Waals surface area contributed by atoms with Crippen LogP contribution in [0.1, 0.15) is 51.9 Å². The third-order valence-electron chi connectivity index (χ3n) is 3.37. The Kier molecular flexibility index (Phi) is 18.7. The van der Waals surface area contributed by atoms with Crippen molar-refractivity contribution in [1.29, 1.82) is 0 Å². The van der Waals surface area contributed by atoms with Crippen molar-refractivity contribution in [1.82, 2.24) is 10.2 Å². The van der Waals surface area contributed by atoms with Crippen LogP contribution in [0, 0.1) is 0 Å². The van der Waals surface area contributed by atoms with Crippen LogP contribution in [0.2, 0.25) is 0 Å². The first-order chi connectivity index (χ1) is 10.7. The monoisotopic (exact) mass is 439 g/mol. The molecule has 0 rings (SSSR count). The van der Waals surface area contributed by atoms with Crippen molar-refractivity contribution in [3.05, 3.63) is 12.7 Å². The summed E-state index contributed by atoms with van der Waals surface area (Å²) in [5.74, 6) is 0.859. The fourth-order valence-corrected chi connectivity index (χ4v) is 2.14. The molecule has 0 aliphatic carbocycles. The summed E-state index contributed by atoms with van der Waals surface area (Å²) in [6.07, 6.45) is 8.78. The number of nitrogens with zero attached hydrogens (tertiary/aromatic N) is 2. The lowest BCUT2D eigenvalue weighted by molar-refractivity contribution is -0.143. The molecule has 136 valence electrons. The minimum absolute atomic E-state index is 0. The summed E-state index contributed by atoms with van der Waals surface area (Å²) in [7, 11) is 3.86. The van der Waals surface area contributed by atoms with Gasteiger partial charge in [-0.2, -0.15) is 0 Å². The van der Waals surface area contributed by atoms with Crippen LogP contribution < -0.4 is 5.32 Å². The fourth-order valence-electron chi connectivity index (χ4n) is 2.14. The molecule has 5 nitrogen and oxygen atoms in total. The predicted molar refractivity (Wildman–Crippen MR) is 109 cm³/mol. The lowest BCUT2D eigenvalue weighted by atomic mass is 10.1. The predicted octanol–water partition coefficient (Wildman–Crippen LogP) is 3.59. The van der Waals surface area contributed by atoms with E-state index in [2.05, 4.69) is 28.8 Å². The van der Waals surface area contributed by atoms with Crippen LogP contribution in [0.5, 0.6) is 0 Å². The molecule has 0 aliphatic rings. The molecule has 0 radical (unpaired) electrons. The second-order valence-corrected chi connectivity index (χ2v) is 5.30. The van der Waals surface area contributed by atoms with Gasteiger partial charge in [-0.3, -0.25) is 9.79 Å². The van der Waals surface area contributed by atoms with Crippen LogP contribution in [-0.4, -0.2) is 50.6 Å². The van der Waals surface area contributed by atoms with Crippen molar-refractivity contribution in [3.8, 4) is 0 Å². The standard InChI is InChI=1S/C17H33N3O2.HI/c1-5-7-12-15-20(4)17(18-3)19-14-11-9-8-10-13-16(21)22-6-2;/h5H,1,6-15H2,2-4H3,(H,18,19);1H. The van der Waals surface area contributed by atoms with E-state index >= 15 is 0 Å². The number of rotatable bonds is 12. The van der Waals surface area contributed by atoms with Crippen LogP contribution in [0.3, 0.4) is 0 Å². The first-order valence-corrected chi connectivity index (χ1v) is 8.34. The van der Waals surface area contributed by atoms with E-state index in [0.29, 0.717) is 13.0 Å². The summed E-state index contributed by atoms with van der Waals surface area (Å²) in [6, 6.07) is 0. The SMILES string of the molecule is C=CCCCN(C)C(=NC)NCCCCCCC(=O)OCC.I. The summed E-state index contributed by atoms with van der Waals surface area (Å²) in [5, 5.41) is 3.37. The van der Waals surface area contributed by atoms with Gasteiger partial charge in [0, 0.05) is 33.6 Å². The van der Waals surface area contributed by atoms with Crippen LogP contribution in [0.25, 0.3) is 0 Å². The molecular formula is C17H34IN3O2. The van der Waals surface area contributed by atoms with Crippen LogP contribution in [0.15, 0.2) is 17.6 Å². The second kappa shape index (κ2) is 17.6. The van der Waals surface area contributed by atoms with E-state index in [-0.39, 0.29) is 29.9 Å². The molecule has 0 unspecified atom stereocenters. The summed E-state index contributed by atoms with van der Waals surface area (Å²) >= 11 is 0. The molecule has 0 spiro atoms. The number of halogens is 1. The molecule has 0 fully saturated rings. The molecule has 1 N–H and O–H groups in total. The van der Waals surface area contributed by atoms with Crippen LogP contribution in [-0.2, 0) is 9.53 Å². The van der Waals surface area contributed by atoms with E-state index in [4.69, 9.17) is 4.74 Å². The summed E-state index contributed by atoms with van der Waals surface area (Å²) in [6.45, 7) is 7.94. The molecule has 23 heavy (non-hydrogen) atoms. The number of aliphatic imine (C=N–C) groups is 1. The molecule has 0 aromatic rings. The first-order valence-electron chi connectivity index (χ1n) is 8.34. The number of carbonyl (C=O) groups excluding carboxylic acids is 1. The number of hydrogen-bond acceptors (Lipinski definition) is 3. The number of esters is 1. The zero-order valence-electron chi connectivity index (χ0n) is 15.0. The van der Waals surface area contributed by atoms with Crippen molar-refractivity contribution in [2.45, 2.75) is 51.9 Å². The number of ether oxygens (including phenoxy) is 1. The Bertz CT molecular complexity index is 336. The Morgan fingerprint density at radius 2 is 1.96 bits per heavy atom. The van der Waals surface area contributed by atoms with Crippen molar-refractivity contribution in [2.75, 3.05) is 33.8 Å². The fraction of sp³-hybridized carbons (Fsp3) is 0.765. The molecule has 0 bridgehead atoms. The Balaban J connectivity index is 0. The number of unbranched alkanes of at least 4 members (excludes halogenated alkanes) is 4. The zero-order valence-corrected chi connectivity index (χ0v) is 17.3. The van der Waals surface area contributed by atoms with E-state index in [1.54, 1.807) is 0 Å². The number of allylic oxidation sites excluding steroid dienone is 1. The topological polar surface area (TPSA) is 53.9 Å². The molecule has 0 aromatic carbocycles. The molecule has 0 amide bonds. The van der Waals surface area contributed by atoms with E-state index in [1.807, 2.05) is 20.0 Å². The van der Waals surface area contributed by atoms with Crippen molar-refractivity contribution in [3.63, 3.8) is 0 Å². The number of hydrogen-bond donors (Lipinski definition) is 1. The van der Waals surface area contributed by atoms with E-state index in [0.717, 1.165) is 57.6 Å². The van der Waals surface area contributed by atoms with Crippen LogP contribution in [0.4, 0.5) is 0 Å². The van der Waals surface area contributed by atoms with Gasteiger partial charge >= 0.3 is 5.97 Å². The van der Waals surface area contributed by atoms with Gasteiger partial charge in [-0.05, 0) is 32.6 Å². The summed E-state index contributed by atoms with van der Waals surface area (Å²) in [4.78, 5) is 17.6. The Hall–Kier alpha value is -0.790. The maximum absolute atomic E-state index is 11.2. The highest BCUT2D eigenvalue weighted by atomic mass is 127. The van der Waals surface area contributed by atoms with Gasteiger partial charge in [0.1, 0.15) is 0 Å². The minimum atomic E-state index is -0.0813. The van der Waals surface area contributed by atoms with Crippen molar-refractivity contribution in [2.24, 2.45) is 4.99 Å². The van der Waals surface area contributed by atoms with E-state index in [1.165, 1.54) is 0 Å². The summed E-state index contributed by atoms with van der Waals surface area (Å²) < 4.78 is 4.90. The zero-order chi connectivity index (χ0) is 16.6. The van der Waals surface area contributed by atoms with Gasteiger partial charge in [0.2, 0.25) is 0 Å². The van der Waals surface area contributed by atoms with E-state index in [9.17, 15) is 4.79 Å². The Morgan fingerprint density at radius 3 is 2.57 bits per heavy atom. The third kappa shape index (κ3) is 14.5. The molecule has 0 saturated carbocycles. The maximum atomic E-state index is 11.2. The number of carbonyl (C=O) groups is 1. The number of guanidine groups is 1. The van der Waals surface area contributed by atoms with Gasteiger partial charge in [-0.25, -0.2) is 0 Å². The van der Waals surface area contributed by atoms with Gasteiger partial charge in [-0.15, -0.1) is 30.6 Å². The Morgan fingerprint density at radius 1 is 1.26 bits per heavy atom. The first kappa shape index (κ1) is 24.5. The summed E-state index contributed by atoms with van der Waals surface area (Å²) in [5.41, 5.74) is 0. The number of nitrogens with one attached hydrogen (secondary N) is 1. The Labute approximate surface area is 159 Å². The molecule has 0 aliphatic heterocycles. The molecule has 0 aromatic heterocycles. The average Bonchev–Trinajstić information content (AvgIpc) is 2.50. The second-order valence-electron chi connectivity index (χ2n) is 5.30. The molecule has 0 saturated heterocycles. The lowest BCUT2D eigenvalue weighted by Gasteiger charge is -2.21. The smallest absolute Gasteiger partial charge is 0.305 e. The van der Waals surface area contributed by atoms with Gasteiger partial charge in [0.05, 0.1) is 6.61 Å².